The van der Waals surface area contributed by atoms with Crippen molar-refractivity contribution < 1.29 is 126 Å². The summed E-state index contributed by atoms with van der Waals surface area (Å²) in [4.78, 5) is 200. The van der Waals surface area contributed by atoms with Crippen molar-refractivity contribution in [2.45, 2.75) is 178 Å². The molecule has 1 fully saturated rings. The van der Waals surface area contributed by atoms with E-state index in [2.05, 4.69) is 42.2 Å². The summed E-state index contributed by atoms with van der Waals surface area (Å²) in [6.07, 6.45) is -3.35. The molecule has 6 unspecified atom stereocenters. The highest BCUT2D eigenvalue weighted by atomic mass is 31.2. The van der Waals surface area contributed by atoms with E-state index in [9.17, 15) is 106 Å². The van der Waals surface area contributed by atoms with Gasteiger partial charge in [-0.2, -0.15) is 0 Å². The van der Waals surface area contributed by atoms with Gasteiger partial charge in [0.1, 0.15) is 35.9 Å². The lowest BCUT2D eigenvalue weighted by molar-refractivity contribution is -0.143. The molecule has 3 rings (SSSR count). The van der Waals surface area contributed by atoms with Crippen LogP contribution in [0.1, 0.15) is 154 Å². The van der Waals surface area contributed by atoms with E-state index in [0.717, 1.165) is 4.68 Å². The molecule has 109 heavy (non-hydrogen) atoms. The molecule has 44 heteroatoms. The number of carboxylic acid groups (broad SMARTS) is 7. The van der Waals surface area contributed by atoms with Gasteiger partial charge in [0, 0.05) is 122 Å². The van der Waals surface area contributed by atoms with Crippen LogP contribution in [0, 0.1) is 0 Å². The van der Waals surface area contributed by atoms with Crippen LogP contribution in [0.3, 0.4) is 0 Å². The summed E-state index contributed by atoms with van der Waals surface area (Å²) in [5, 5.41) is 91.8. The molecular formula is C65H106FN14O25P3Si. The van der Waals surface area contributed by atoms with Gasteiger partial charge in [-0.3, -0.25) is 67.0 Å². The first-order valence-electron chi connectivity index (χ1n) is 35.3. The second kappa shape index (κ2) is 45.7. The molecule has 0 saturated carbocycles. The Kier molecular flexibility index (Phi) is 39.7. The first-order valence-corrected chi connectivity index (χ1v) is 42.7. The number of carbonyl (C=O) groups excluding carboxylic acids is 7. The Morgan fingerprint density at radius 1 is 0.523 bits per heavy atom. The number of hydrogen-bond acceptors (Lipinski definition) is 21. The lowest BCUT2D eigenvalue weighted by Gasteiger charge is -2.44. The van der Waals surface area contributed by atoms with E-state index in [-0.39, 0.29) is 123 Å². The summed E-state index contributed by atoms with van der Waals surface area (Å²) in [5.74, 6) is -14.0. The van der Waals surface area contributed by atoms with Crippen LogP contribution in [-0.2, 0) is 73.2 Å². The molecule has 0 spiro atoms. The number of halogens is 1. The van der Waals surface area contributed by atoms with Crippen LogP contribution >= 0.6 is 23.3 Å². The van der Waals surface area contributed by atoms with E-state index in [1.165, 1.54) is 18.3 Å². The van der Waals surface area contributed by atoms with Gasteiger partial charge in [-0.15, -0.1) is 13.7 Å². The highest BCUT2D eigenvalue weighted by Crippen LogP contribution is 2.51. The standard InChI is InChI=1S/C65H106FN14O25P3Si/c1-64(2,3)109(66,65(4,5)6)44-14-12-42(13-15-44)57(91)70-37-49(80-38-43(75-76-80)36-69-52(83)23-34-107(102,103)40-78-29-27-77(39-106-33-22-55(87)88)28-30-79(32-31-78)41-108(104,105)35-24-56(89)90)58(92)72-46(60(95)96)10-7-8-25-67-50(81)19-20-51(82)68-26-9-11-45(59(93)94)71-53(84)18-16-47(61(97)98)73-63(101)74-48(62(99)100)17-21-54(85)86/h12-15,38,45-49,106H,7-11,16-37,39-41H2,1-6H3,(H,67,81)(H,68,82)(H,69,83)(H,70,91)(H,71,84)(H,72,92)(H,85,86)(H,87,88)(H,89,90)(H,93,94)(H,95,96)(H,97,98)(H,99,100)(H,102,103)(H,104,105)(H2,73,74,101)/t45?,46?,47-,48-,49?/m0/s1. The number of carbonyl (C=O) groups is 14. The number of rotatable bonds is 49. The van der Waals surface area contributed by atoms with Crippen molar-refractivity contribution in [1.29, 1.82) is 0 Å². The van der Waals surface area contributed by atoms with Crippen LogP contribution in [-0.4, -0.2) is 287 Å². The molecule has 0 radical (unpaired) electrons. The summed E-state index contributed by atoms with van der Waals surface area (Å²) in [5.41, 5.74) is 0.169. The average Bonchev–Trinajstić information content (AvgIpc) is 0.940. The minimum absolute atomic E-state index is 0.0107. The molecule has 8 amide bonds. The Bertz CT molecular complexity index is 3550. The topological polar surface area (TPSA) is 592 Å². The van der Waals surface area contributed by atoms with Crippen LogP contribution in [0.4, 0.5) is 8.90 Å². The molecule has 1 saturated heterocycles. The summed E-state index contributed by atoms with van der Waals surface area (Å²) in [6, 6.07) is -3.20. The molecule has 2 heterocycles. The molecule has 1 aromatic heterocycles. The monoisotopic (exact) mass is 1620 g/mol. The van der Waals surface area contributed by atoms with Crippen molar-refractivity contribution in [3.8, 4) is 0 Å². The fourth-order valence-electron chi connectivity index (χ4n) is 11.7. The summed E-state index contributed by atoms with van der Waals surface area (Å²) in [7, 11) is -11.5. The number of aliphatic carboxylic acids is 7. The van der Waals surface area contributed by atoms with Gasteiger partial charge >= 0.3 is 47.8 Å². The Hall–Kier alpha value is -8.42. The molecule has 0 aliphatic carbocycles. The number of unbranched alkanes of at least 4 members (excludes halogenated alkanes) is 1. The lowest BCUT2D eigenvalue weighted by Crippen LogP contribution is -2.57. The van der Waals surface area contributed by atoms with Gasteiger partial charge in [-0.05, 0) is 78.5 Å². The minimum Gasteiger partial charge on any atom is -0.481 e. The van der Waals surface area contributed by atoms with Crippen LogP contribution < -0.4 is 47.7 Å². The SMILES string of the molecule is CC(C)(C)[Si](F)(c1ccc(C(=O)NCC(C(=O)NC(CCCCNC(=O)CCC(=O)NCCCC(NC(=O)CC[C@H](NC(=O)N[C@@H](CCC(=O)O)C(=O)O)C(=O)O)C(=O)O)C(=O)O)n2cc(CNC(=O)CCP(=O)(O)CN3CCN(CPCCC(=O)O)CCN(CP(=O)(O)CCC(=O)O)CC3)nn2)cc1)C(C)(C)C. The summed E-state index contributed by atoms with van der Waals surface area (Å²) in [6.45, 7) is 11.8. The molecule has 1 aliphatic rings. The van der Waals surface area contributed by atoms with Gasteiger partial charge in [0.05, 0.1) is 31.7 Å². The number of hydrogen-bond donors (Lipinski definition) is 17. The smallest absolute Gasteiger partial charge is 0.326 e. The third-order valence-corrected chi connectivity index (χ3v) is 27.6. The molecule has 612 valence electrons. The minimum atomic E-state index is -4.09. The van der Waals surface area contributed by atoms with Crippen LogP contribution in [0.25, 0.3) is 0 Å². The Labute approximate surface area is 632 Å². The zero-order valence-corrected chi connectivity index (χ0v) is 65.8. The maximum absolute atomic E-state index is 17.2. The van der Waals surface area contributed by atoms with Crippen molar-refractivity contribution in [3.63, 3.8) is 0 Å². The first kappa shape index (κ1) is 94.8. The van der Waals surface area contributed by atoms with Gasteiger partial charge in [-0.1, -0.05) is 58.9 Å². The van der Waals surface area contributed by atoms with E-state index in [4.69, 9.17) is 15.3 Å². The average molecular weight is 1620 g/mol. The van der Waals surface area contributed by atoms with E-state index < -0.39 is 204 Å². The van der Waals surface area contributed by atoms with Crippen LogP contribution in [0.5, 0.6) is 0 Å². The summed E-state index contributed by atoms with van der Waals surface area (Å²) < 4.78 is 45.0. The second-order valence-electron chi connectivity index (χ2n) is 28.5. The molecule has 1 aliphatic heterocycles. The van der Waals surface area contributed by atoms with E-state index in [1.807, 2.05) is 57.1 Å². The fourth-order valence-corrected chi connectivity index (χ4v) is 20.7. The fraction of sp³-hybridized carbons (Fsp3) is 0.662. The Balaban J connectivity index is 1.62. The molecular weight excluding hydrogens is 1520 g/mol. The molecule has 17 N–H and O–H groups in total. The molecule has 8 atom stereocenters. The highest BCUT2D eigenvalue weighted by molar-refractivity contribution is 7.58. The molecule has 39 nitrogen and oxygen atoms in total. The Morgan fingerprint density at radius 2 is 0.972 bits per heavy atom. The van der Waals surface area contributed by atoms with Crippen molar-refractivity contribution in [3.05, 3.63) is 41.7 Å². The number of amides is 8. The van der Waals surface area contributed by atoms with Gasteiger partial charge in [0.15, 0.2) is 0 Å². The zero-order valence-electron chi connectivity index (χ0n) is 62.0. The lowest BCUT2D eigenvalue weighted by atomic mass is 10.1. The van der Waals surface area contributed by atoms with Crippen molar-refractivity contribution >= 4 is 120 Å². The van der Waals surface area contributed by atoms with E-state index >= 15 is 4.11 Å². The third kappa shape index (κ3) is 35.9. The zero-order chi connectivity index (χ0) is 82.0. The van der Waals surface area contributed by atoms with Crippen LogP contribution in [0.2, 0.25) is 10.1 Å². The number of carboxylic acids is 7. The van der Waals surface area contributed by atoms with Gasteiger partial charge in [0.2, 0.25) is 44.3 Å². The maximum atomic E-state index is 17.2. The Morgan fingerprint density at radius 3 is 1.47 bits per heavy atom. The predicted molar refractivity (Wildman–Crippen MR) is 395 cm³/mol. The largest absolute Gasteiger partial charge is 0.481 e. The van der Waals surface area contributed by atoms with Gasteiger partial charge in [0.25, 0.3) is 14.3 Å². The normalized spacial score (nSPS) is 16.0. The number of urea groups is 1. The van der Waals surface area contributed by atoms with Crippen molar-refractivity contribution in [2.24, 2.45) is 0 Å². The van der Waals surface area contributed by atoms with Gasteiger partial charge in [-0.25, -0.2) is 28.7 Å². The number of benzene rings is 1. The number of nitrogens with zero attached hydrogens (tertiary/aromatic N) is 6. The molecule has 1 aromatic carbocycles. The van der Waals surface area contributed by atoms with Crippen LogP contribution in [0.15, 0.2) is 30.5 Å². The highest BCUT2D eigenvalue weighted by Gasteiger charge is 2.56. The van der Waals surface area contributed by atoms with Crippen molar-refractivity contribution in [2.75, 3.05) is 96.2 Å². The second-order valence-corrected chi connectivity index (χ2v) is 39.5. The molecule has 2 aromatic rings. The van der Waals surface area contributed by atoms with Crippen molar-refractivity contribution in [1.82, 2.24) is 72.2 Å². The number of nitrogens with one attached hydrogen (secondary N) is 8. The molecule has 0 bridgehead atoms. The maximum Gasteiger partial charge on any atom is 0.326 e. The first-order chi connectivity index (χ1) is 50.8. The van der Waals surface area contributed by atoms with E-state index in [0.29, 0.717) is 37.3 Å². The van der Waals surface area contributed by atoms with E-state index in [1.54, 1.807) is 21.9 Å². The van der Waals surface area contributed by atoms with Gasteiger partial charge < -0.3 is 92.2 Å². The quantitative estimate of drug-likeness (QED) is 0.0189. The summed E-state index contributed by atoms with van der Waals surface area (Å²) >= 11 is 0. The predicted octanol–water partition coefficient (Wildman–Crippen LogP) is 0.891. The number of aromatic nitrogens is 3. The third-order valence-electron chi connectivity index (χ3n) is 17.5.